The van der Waals surface area contributed by atoms with Crippen molar-refractivity contribution in [3.05, 3.63) is 73.2 Å². The van der Waals surface area contributed by atoms with E-state index in [1.807, 2.05) is 24.6 Å². The Bertz CT molecular complexity index is 1130. The van der Waals surface area contributed by atoms with Crippen molar-refractivity contribution in [1.29, 1.82) is 0 Å². The molecule has 1 aromatic heterocycles. The minimum Gasteiger partial charge on any atom is -0.497 e. The summed E-state index contributed by atoms with van der Waals surface area (Å²) in [5, 5.41) is 1.11. The molecule has 5 atom stereocenters. The highest BCUT2D eigenvalue weighted by molar-refractivity contribution is 5.84. The molecule has 3 fully saturated rings. The normalized spacial score (nSPS) is 22.7. The largest absolute Gasteiger partial charge is 0.497 e. The lowest BCUT2D eigenvalue weighted by Gasteiger charge is -2.51. The summed E-state index contributed by atoms with van der Waals surface area (Å²) in [4.78, 5) is 7.26. The molecular formula is C38H56N2O2. The third-order valence-corrected chi connectivity index (χ3v) is 9.57. The number of ether oxygens (including phenoxy) is 2. The second-order valence-corrected chi connectivity index (χ2v) is 12.5. The van der Waals surface area contributed by atoms with Gasteiger partial charge in [-0.2, -0.15) is 0 Å². The average Bonchev–Trinajstić information content (AvgIpc) is 3.04. The van der Waals surface area contributed by atoms with E-state index in [0.717, 1.165) is 42.6 Å². The van der Waals surface area contributed by atoms with Crippen LogP contribution in [-0.4, -0.2) is 36.1 Å². The van der Waals surface area contributed by atoms with Crippen LogP contribution in [0.3, 0.4) is 0 Å². The van der Waals surface area contributed by atoms with Crippen LogP contribution in [0.2, 0.25) is 0 Å². The first-order valence-electron chi connectivity index (χ1n) is 17.0. The lowest BCUT2D eigenvalue weighted by Crippen LogP contribution is -2.55. The van der Waals surface area contributed by atoms with Gasteiger partial charge >= 0.3 is 0 Å². The van der Waals surface area contributed by atoms with Crippen LogP contribution in [0.15, 0.2) is 67.6 Å². The molecule has 42 heavy (non-hydrogen) atoms. The number of pyridine rings is 1. The van der Waals surface area contributed by atoms with Gasteiger partial charge in [0.1, 0.15) is 11.9 Å². The number of hydrogen-bond donors (Lipinski definition) is 0. The van der Waals surface area contributed by atoms with Crippen molar-refractivity contribution in [3.8, 4) is 5.75 Å². The lowest BCUT2D eigenvalue weighted by molar-refractivity contribution is -0.0492. The summed E-state index contributed by atoms with van der Waals surface area (Å²) >= 11 is 0. The molecule has 0 saturated carbocycles. The Kier molecular flexibility index (Phi) is 14.0. The van der Waals surface area contributed by atoms with E-state index in [9.17, 15) is 0 Å². The van der Waals surface area contributed by atoms with Gasteiger partial charge in [-0.05, 0) is 74.4 Å². The Morgan fingerprint density at radius 3 is 2.38 bits per heavy atom. The highest BCUT2D eigenvalue weighted by Gasteiger charge is 2.43. The smallest absolute Gasteiger partial charge is 0.139 e. The topological polar surface area (TPSA) is 34.6 Å². The number of aromatic nitrogens is 1. The fraction of sp³-hybridized carbons (Fsp3) is 0.605. The van der Waals surface area contributed by atoms with E-state index in [4.69, 9.17) is 9.47 Å². The predicted octanol–water partition coefficient (Wildman–Crippen LogP) is 10.4. The Labute approximate surface area is 256 Å². The van der Waals surface area contributed by atoms with Crippen molar-refractivity contribution in [2.24, 2.45) is 11.8 Å². The zero-order valence-corrected chi connectivity index (χ0v) is 26.5. The molecule has 0 radical (unpaired) electrons. The Hall–Kier alpha value is -2.59. The molecule has 4 heterocycles. The van der Waals surface area contributed by atoms with Gasteiger partial charge in [-0.3, -0.25) is 9.88 Å². The first-order chi connectivity index (χ1) is 20.7. The molecule has 3 aliphatic heterocycles. The fourth-order valence-electron chi connectivity index (χ4n) is 7.04. The van der Waals surface area contributed by atoms with E-state index in [1.165, 1.54) is 89.0 Å². The van der Waals surface area contributed by atoms with Crippen LogP contribution in [0, 0.1) is 11.8 Å². The molecule has 4 nitrogen and oxygen atoms in total. The monoisotopic (exact) mass is 572 g/mol. The summed E-state index contributed by atoms with van der Waals surface area (Å²) in [5.74, 6) is 2.12. The van der Waals surface area contributed by atoms with Crippen LogP contribution in [0.25, 0.3) is 10.9 Å². The number of rotatable bonds is 20. The summed E-state index contributed by atoms with van der Waals surface area (Å²) in [6, 6.07) is 8.61. The maximum Gasteiger partial charge on any atom is 0.139 e. The first kappa shape index (κ1) is 32.3. The van der Waals surface area contributed by atoms with Crippen molar-refractivity contribution < 1.29 is 9.47 Å². The quantitative estimate of drug-likeness (QED) is 0.0684. The predicted molar refractivity (Wildman–Crippen MR) is 178 cm³/mol. The molecule has 5 rings (SSSR count). The number of fused-ring (bicyclic) bond motifs is 4. The van der Waals surface area contributed by atoms with Gasteiger partial charge in [-0.15, -0.1) is 6.58 Å². The second kappa shape index (κ2) is 18.2. The Morgan fingerprint density at radius 1 is 0.976 bits per heavy atom. The average molecular weight is 573 g/mol. The summed E-state index contributed by atoms with van der Waals surface area (Å²) in [6.45, 7) is 8.62. The second-order valence-electron chi connectivity index (χ2n) is 12.5. The summed E-state index contributed by atoms with van der Waals surface area (Å²) in [5.41, 5.74) is 2.17. The first-order valence-corrected chi connectivity index (χ1v) is 17.0. The number of hydrogen-bond acceptors (Lipinski definition) is 4. The lowest BCUT2D eigenvalue weighted by atomic mass is 9.73. The molecule has 1 aromatic carbocycles. The molecule has 0 amide bonds. The van der Waals surface area contributed by atoms with Crippen LogP contribution in [0.4, 0.5) is 0 Å². The summed E-state index contributed by atoms with van der Waals surface area (Å²) in [7, 11) is 1.72. The van der Waals surface area contributed by atoms with Crippen molar-refractivity contribution >= 4 is 10.9 Å². The number of unbranched alkanes of at least 4 members (excludes halogenated alkanes) is 12. The van der Waals surface area contributed by atoms with Gasteiger partial charge in [-0.1, -0.05) is 95.8 Å². The minimum absolute atomic E-state index is 0.0582. The third-order valence-electron chi connectivity index (χ3n) is 9.57. The van der Waals surface area contributed by atoms with E-state index in [1.54, 1.807) is 7.11 Å². The summed E-state index contributed by atoms with van der Waals surface area (Å²) < 4.78 is 12.2. The zero-order valence-electron chi connectivity index (χ0n) is 26.5. The molecule has 3 aliphatic rings. The van der Waals surface area contributed by atoms with E-state index < -0.39 is 0 Å². The highest BCUT2D eigenvalue weighted by atomic mass is 16.5. The van der Waals surface area contributed by atoms with E-state index in [-0.39, 0.29) is 6.10 Å². The summed E-state index contributed by atoms with van der Waals surface area (Å²) in [6.07, 6.45) is 32.7. The van der Waals surface area contributed by atoms with Crippen molar-refractivity contribution in [2.75, 3.05) is 20.2 Å². The Morgan fingerprint density at radius 2 is 1.71 bits per heavy atom. The molecular weight excluding hydrogens is 516 g/mol. The van der Waals surface area contributed by atoms with E-state index in [2.05, 4.69) is 59.8 Å². The zero-order chi connectivity index (χ0) is 29.4. The van der Waals surface area contributed by atoms with Crippen LogP contribution < -0.4 is 4.74 Å². The van der Waals surface area contributed by atoms with Gasteiger partial charge in [0.05, 0.1) is 24.9 Å². The molecule has 3 saturated heterocycles. The molecule has 2 bridgehead atoms. The molecule has 230 valence electrons. The van der Waals surface area contributed by atoms with Gasteiger partial charge in [0.2, 0.25) is 0 Å². The molecule has 0 spiro atoms. The Balaban J connectivity index is 1.26. The van der Waals surface area contributed by atoms with Gasteiger partial charge in [-0.25, -0.2) is 0 Å². The van der Waals surface area contributed by atoms with Gasteiger partial charge in [0, 0.05) is 23.7 Å². The van der Waals surface area contributed by atoms with Crippen LogP contribution in [-0.2, 0) is 4.74 Å². The number of allylic oxidation sites excluding steroid dienone is 3. The minimum atomic E-state index is -0.0582. The highest BCUT2D eigenvalue weighted by Crippen LogP contribution is 2.43. The molecule has 2 aromatic rings. The molecule has 0 N–H and O–H groups in total. The third kappa shape index (κ3) is 9.46. The van der Waals surface area contributed by atoms with Crippen molar-refractivity contribution in [3.63, 3.8) is 0 Å². The maximum atomic E-state index is 6.62. The molecule has 0 aliphatic carbocycles. The molecule has 4 heteroatoms. The van der Waals surface area contributed by atoms with Gasteiger partial charge < -0.3 is 9.47 Å². The number of benzene rings is 1. The van der Waals surface area contributed by atoms with Crippen molar-refractivity contribution in [1.82, 2.24) is 9.88 Å². The SMILES string of the molecule is C=C[C@H]1CN2CC[C@H]1C[C@H]2[C@H](O/C=C/C=C/CCCCCCCCCCCCCC)c1ccnc2ccc(OC)cc12. The number of methoxy groups -OCH3 is 1. The van der Waals surface area contributed by atoms with Crippen LogP contribution >= 0.6 is 0 Å². The van der Waals surface area contributed by atoms with E-state index in [0.29, 0.717) is 17.9 Å². The van der Waals surface area contributed by atoms with Gasteiger partial charge in [0.25, 0.3) is 0 Å². The van der Waals surface area contributed by atoms with Crippen molar-refractivity contribution in [2.45, 2.75) is 115 Å². The molecule has 1 unspecified atom stereocenters. The fourth-order valence-corrected chi connectivity index (χ4v) is 7.04. The number of piperidine rings is 3. The van der Waals surface area contributed by atoms with Gasteiger partial charge in [0.15, 0.2) is 0 Å². The maximum absolute atomic E-state index is 6.62. The standard InChI is InChI=1S/C38H56N2O2/c1-4-6-7-8-9-10-11-12-13-14-15-16-17-18-19-20-27-42-38(37-28-32-24-26-40(37)30-31(32)5-2)34-23-25-39-36-22-21-33(41-3)29-35(34)36/h5,18-23,25,27,29,31-32,37-38H,2,4,6-17,24,26,28,30H2,1,3H3/b19-18+,27-20+/t31-,32-,37-,38+/m0/s1. The van der Waals surface area contributed by atoms with Crippen LogP contribution in [0.1, 0.15) is 115 Å². The van der Waals surface area contributed by atoms with E-state index >= 15 is 0 Å². The van der Waals surface area contributed by atoms with Crippen LogP contribution in [0.5, 0.6) is 5.75 Å². The number of nitrogens with zero attached hydrogens (tertiary/aromatic N) is 2.